The van der Waals surface area contributed by atoms with E-state index in [4.69, 9.17) is 0 Å². The third kappa shape index (κ3) is 4.24. The molecule has 0 atom stereocenters. The van der Waals surface area contributed by atoms with E-state index in [0.717, 1.165) is 22.7 Å². The Morgan fingerprint density at radius 1 is 1.19 bits per heavy atom. The number of halogens is 3. The molecule has 1 saturated heterocycles. The Morgan fingerprint density at radius 2 is 1.92 bits per heavy atom. The molecule has 1 amide bonds. The fraction of sp³-hybridized carbons (Fsp3) is 0.333. The molecule has 8 heteroatoms. The van der Waals surface area contributed by atoms with Gasteiger partial charge in [-0.1, -0.05) is 0 Å². The molecule has 0 unspecified atom stereocenters. The fourth-order valence-electron chi connectivity index (χ4n) is 2.70. The Labute approximate surface area is 153 Å². The van der Waals surface area contributed by atoms with Crippen molar-refractivity contribution >= 4 is 29.1 Å². The van der Waals surface area contributed by atoms with Gasteiger partial charge in [-0.05, 0) is 42.1 Å². The lowest BCUT2D eigenvalue weighted by Crippen LogP contribution is -2.48. The molecule has 26 heavy (non-hydrogen) atoms. The lowest BCUT2D eigenvalue weighted by molar-refractivity contribution is -0.137. The Hall–Kier alpha value is -2.35. The maximum Gasteiger partial charge on any atom is 0.417 e. The first-order chi connectivity index (χ1) is 12.3. The standard InChI is InChI=1S/C18H18F3N3OS/c1-13-6-11-26-15(13)3-5-17(25)24-9-7-23(8-10-24)16-4-2-14(12-22-16)18(19,20)21/h2-6,11-12H,7-10H2,1H3/b5-3+. The summed E-state index contributed by atoms with van der Waals surface area (Å²) in [4.78, 5) is 20.9. The van der Waals surface area contributed by atoms with Gasteiger partial charge in [0.1, 0.15) is 5.82 Å². The summed E-state index contributed by atoms with van der Waals surface area (Å²) in [6.45, 7) is 4.09. The highest BCUT2D eigenvalue weighted by atomic mass is 32.1. The topological polar surface area (TPSA) is 36.4 Å². The predicted molar refractivity (Wildman–Crippen MR) is 96.1 cm³/mol. The minimum absolute atomic E-state index is 0.0576. The number of thiophene rings is 1. The van der Waals surface area contributed by atoms with E-state index in [1.807, 2.05) is 29.3 Å². The van der Waals surface area contributed by atoms with E-state index in [0.29, 0.717) is 32.0 Å². The minimum Gasteiger partial charge on any atom is -0.353 e. The Morgan fingerprint density at radius 3 is 2.46 bits per heavy atom. The molecule has 1 aliphatic heterocycles. The largest absolute Gasteiger partial charge is 0.417 e. The fourth-order valence-corrected chi connectivity index (χ4v) is 3.52. The minimum atomic E-state index is -4.39. The van der Waals surface area contributed by atoms with Gasteiger partial charge in [0.05, 0.1) is 5.56 Å². The van der Waals surface area contributed by atoms with Crippen LogP contribution < -0.4 is 4.90 Å². The van der Waals surface area contributed by atoms with Gasteiger partial charge in [-0.15, -0.1) is 11.3 Å². The number of anilines is 1. The highest BCUT2D eigenvalue weighted by Crippen LogP contribution is 2.29. The van der Waals surface area contributed by atoms with Gasteiger partial charge in [-0.25, -0.2) is 4.98 Å². The van der Waals surface area contributed by atoms with Crippen molar-refractivity contribution < 1.29 is 18.0 Å². The van der Waals surface area contributed by atoms with Gasteiger partial charge in [-0.3, -0.25) is 4.79 Å². The molecule has 0 bridgehead atoms. The summed E-state index contributed by atoms with van der Waals surface area (Å²) in [6.07, 6.45) is -0.139. The van der Waals surface area contributed by atoms with E-state index in [2.05, 4.69) is 4.98 Å². The van der Waals surface area contributed by atoms with E-state index < -0.39 is 11.7 Å². The zero-order chi connectivity index (χ0) is 18.7. The van der Waals surface area contributed by atoms with Crippen LogP contribution in [-0.2, 0) is 11.0 Å². The Balaban J connectivity index is 1.56. The first-order valence-corrected chi connectivity index (χ1v) is 9.02. The molecular formula is C18H18F3N3OS. The molecular weight excluding hydrogens is 363 g/mol. The number of aromatic nitrogens is 1. The van der Waals surface area contributed by atoms with Crippen LogP contribution in [0.4, 0.5) is 19.0 Å². The average molecular weight is 381 g/mol. The van der Waals surface area contributed by atoms with Gasteiger partial charge >= 0.3 is 6.18 Å². The van der Waals surface area contributed by atoms with E-state index >= 15 is 0 Å². The number of amides is 1. The summed E-state index contributed by atoms with van der Waals surface area (Å²) in [5.41, 5.74) is 0.376. The maximum atomic E-state index is 12.6. The number of carbonyl (C=O) groups is 1. The molecule has 0 aliphatic carbocycles. The number of pyridine rings is 1. The van der Waals surface area contributed by atoms with Crippen molar-refractivity contribution in [2.75, 3.05) is 31.1 Å². The number of hydrogen-bond acceptors (Lipinski definition) is 4. The lowest BCUT2D eigenvalue weighted by atomic mass is 10.2. The molecule has 0 N–H and O–H groups in total. The molecule has 0 saturated carbocycles. The summed E-state index contributed by atoms with van der Waals surface area (Å²) >= 11 is 1.58. The second-order valence-corrected chi connectivity index (χ2v) is 6.96. The van der Waals surface area contributed by atoms with Crippen LogP contribution in [0.2, 0.25) is 0 Å². The van der Waals surface area contributed by atoms with Gasteiger partial charge in [-0.2, -0.15) is 13.2 Å². The second kappa shape index (κ2) is 7.49. The van der Waals surface area contributed by atoms with Gasteiger partial charge in [0.15, 0.2) is 0 Å². The summed E-state index contributed by atoms with van der Waals surface area (Å²) in [5.74, 6) is 0.438. The third-order valence-corrected chi connectivity index (χ3v) is 5.25. The van der Waals surface area contributed by atoms with E-state index in [-0.39, 0.29) is 5.91 Å². The van der Waals surface area contributed by atoms with E-state index in [1.165, 1.54) is 6.07 Å². The Kier molecular flexibility index (Phi) is 5.31. The first kappa shape index (κ1) is 18.4. The number of nitrogens with zero attached hydrogens (tertiary/aromatic N) is 3. The molecule has 3 heterocycles. The van der Waals surface area contributed by atoms with Crippen molar-refractivity contribution in [3.63, 3.8) is 0 Å². The normalized spacial score (nSPS) is 15.7. The summed E-state index contributed by atoms with van der Waals surface area (Å²) < 4.78 is 37.8. The van der Waals surface area contributed by atoms with E-state index in [9.17, 15) is 18.0 Å². The van der Waals surface area contributed by atoms with Crippen LogP contribution in [-0.4, -0.2) is 42.0 Å². The maximum absolute atomic E-state index is 12.6. The molecule has 0 aromatic carbocycles. The van der Waals surface area contributed by atoms with Gasteiger partial charge in [0.25, 0.3) is 0 Å². The predicted octanol–water partition coefficient (Wildman–Crippen LogP) is 3.83. The van der Waals surface area contributed by atoms with Crippen molar-refractivity contribution in [1.29, 1.82) is 0 Å². The molecule has 2 aromatic heterocycles. The number of aryl methyl sites for hydroxylation is 1. The number of hydrogen-bond donors (Lipinski definition) is 0. The number of alkyl halides is 3. The SMILES string of the molecule is Cc1ccsc1/C=C/C(=O)N1CCN(c2ccc(C(F)(F)F)cn2)CC1. The summed E-state index contributed by atoms with van der Waals surface area (Å²) in [6, 6.07) is 4.41. The molecule has 3 rings (SSSR count). The van der Waals surface area contributed by atoms with Gasteiger partial charge in [0.2, 0.25) is 5.91 Å². The van der Waals surface area contributed by atoms with Crippen LogP contribution in [0.5, 0.6) is 0 Å². The quantitative estimate of drug-likeness (QED) is 0.758. The zero-order valence-corrected chi connectivity index (χ0v) is 15.0. The number of piperazine rings is 1. The summed E-state index contributed by atoms with van der Waals surface area (Å²) in [7, 11) is 0. The summed E-state index contributed by atoms with van der Waals surface area (Å²) in [5, 5.41) is 1.98. The van der Waals surface area contributed by atoms with Crippen molar-refractivity contribution in [1.82, 2.24) is 9.88 Å². The van der Waals surface area contributed by atoms with Crippen LogP contribution in [0.1, 0.15) is 16.0 Å². The molecule has 4 nitrogen and oxygen atoms in total. The number of rotatable bonds is 3. The molecule has 138 valence electrons. The van der Waals surface area contributed by atoms with Crippen LogP contribution >= 0.6 is 11.3 Å². The van der Waals surface area contributed by atoms with Gasteiger partial charge in [0, 0.05) is 43.3 Å². The highest BCUT2D eigenvalue weighted by Gasteiger charge is 2.31. The van der Waals surface area contributed by atoms with Crippen LogP contribution in [0.3, 0.4) is 0 Å². The molecule has 1 aliphatic rings. The van der Waals surface area contributed by atoms with Gasteiger partial charge < -0.3 is 9.80 Å². The van der Waals surface area contributed by atoms with Crippen LogP contribution in [0.25, 0.3) is 6.08 Å². The smallest absolute Gasteiger partial charge is 0.353 e. The third-order valence-electron chi connectivity index (χ3n) is 4.27. The van der Waals surface area contributed by atoms with Crippen molar-refractivity contribution in [3.8, 4) is 0 Å². The monoisotopic (exact) mass is 381 g/mol. The average Bonchev–Trinajstić information content (AvgIpc) is 3.04. The Bertz CT molecular complexity index is 791. The molecule has 0 radical (unpaired) electrons. The van der Waals surface area contributed by atoms with E-state index in [1.54, 1.807) is 22.3 Å². The first-order valence-electron chi connectivity index (χ1n) is 8.14. The molecule has 0 spiro atoms. The van der Waals surface area contributed by atoms with Crippen molar-refractivity contribution in [2.24, 2.45) is 0 Å². The van der Waals surface area contributed by atoms with Crippen molar-refractivity contribution in [2.45, 2.75) is 13.1 Å². The molecule has 2 aromatic rings. The number of carbonyl (C=O) groups excluding carboxylic acids is 1. The molecule has 1 fully saturated rings. The lowest BCUT2D eigenvalue weighted by Gasteiger charge is -2.35. The second-order valence-electron chi connectivity index (χ2n) is 6.02. The van der Waals surface area contributed by atoms with Crippen LogP contribution in [0, 0.1) is 6.92 Å². The van der Waals surface area contributed by atoms with Crippen molar-refractivity contribution in [3.05, 3.63) is 51.9 Å². The highest BCUT2D eigenvalue weighted by molar-refractivity contribution is 7.11. The van der Waals surface area contributed by atoms with Crippen LogP contribution in [0.15, 0.2) is 35.9 Å². The zero-order valence-electron chi connectivity index (χ0n) is 14.2.